The highest BCUT2D eigenvalue weighted by molar-refractivity contribution is 7.84. The van der Waals surface area contributed by atoms with Crippen LogP contribution in [0.1, 0.15) is 35.7 Å². The van der Waals surface area contributed by atoms with E-state index in [9.17, 15) is 9.00 Å². The zero-order chi connectivity index (χ0) is 21.5. The standard InChI is InChI=1S/C23H25NO5S/c1-16(2)28-19-6-4-17(5-7-19)14-24-23(25)22-13-10-20(29-22)15-30(26)21-11-8-18(27-3)9-12-21/h4-13,16H,14-15H2,1-3H3,(H,24,25). The second kappa shape index (κ2) is 10.1. The summed E-state index contributed by atoms with van der Waals surface area (Å²) in [6.07, 6.45) is 0.114. The molecule has 0 fully saturated rings. The van der Waals surface area contributed by atoms with Gasteiger partial charge in [-0.3, -0.25) is 9.00 Å². The Balaban J connectivity index is 1.53. The van der Waals surface area contributed by atoms with Gasteiger partial charge in [0.05, 0.1) is 29.8 Å². The number of methoxy groups -OCH3 is 1. The van der Waals surface area contributed by atoms with Crippen molar-refractivity contribution in [3.8, 4) is 11.5 Å². The van der Waals surface area contributed by atoms with Gasteiger partial charge in [0.1, 0.15) is 17.3 Å². The molecular weight excluding hydrogens is 402 g/mol. The van der Waals surface area contributed by atoms with E-state index >= 15 is 0 Å². The lowest BCUT2D eigenvalue weighted by Gasteiger charge is -2.10. The van der Waals surface area contributed by atoms with Crippen LogP contribution in [0.2, 0.25) is 0 Å². The quantitative estimate of drug-likeness (QED) is 0.550. The third kappa shape index (κ3) is 5.97. The maximum Gasteiger partial charge on any atom is 0.287 e. The molecule has 0 radical (unpaired) electrons. The van der Waals surface area contributed by atoms with E-state index in [1.165, 1.54) is 0 Å². The molecule has 158 valence electrons. The lowest BCUT2D eigenvalue weighted by atomic mass is 10.2. The van der Waals surface area contributed by atoms with E-state index in [1.807, 2.05) is 38.1 Å². The van der Waals surface area contributed by atoms with E-state index in [-0.39, 0.29) is 23.5 Å². The first-order chi connectivity index (χ1) is 14.4. The Labute approximate surface area is 178 Å². The van der Waals surface area contributed by atoms with Crippen LogP contribution < -0.4 is 14.8 Å². The lowest BCUT2D eigenvalue weighted by Crippen LogP contribution is -2.22. The summed E-state index contributed by atoms with van der Waals surface area (Å²) in [4.78, 5) is 13.0. The van der Waals surface area contributed by atoms with Gasteiger partial charge in [-0.25, -0.2) is 0 Å². The molecule has 0 saturated carbocycles. The van der Waals surface area contributed by atoms with Gasteiger partial charge < -0.3 is 19.2 Å². The van der Waals surface area contributed by atoms with Crippen molar-refractivity contribution in [2.75, 3.05) is 7.11 Å². The van der Waals surface area contributed by atoms with Crippen molar-refractivity contribution in [3.05, 3.63) is 77.7 Å². The molecular formula is C23H25NO5S. The molecule has 3 aromatic rings. The van der Waals surface area contributed by atoms with Crippen molar-refractivity contribution >= 4 is 16.7 Å². The smallest absolute Gasteiger partial charge is 0.287 e. The van der Waals surface area contributed by atoms with Crippen molar-refractivity contribution in [2.24, 2.45) is 0 Å². The Morgan fingerprint density at radius 1 is 1.00 bits per heavy atom. The van der Waals surface area contributed by atoms with Crippen molar-refractivity contribution in [1.29, 1.82) is 0 Å². The van der Waals surface area contributed by atoms with E-state index < -0.39 is 10.8 Å². The van der Waals surface area contributed by atoms with Crippen LogP contribution in [0.25, 0.3) is 0 Å². The molecule has 1 aromatic heterocycles. The number of hydrogen-bond donors (Lipinski definition) is 1. The van der Waals surface area contributed by atoms with Crippen LogP contribution >= 0.6 is 0 Å². The first kappa shape index (κ1) is 21.6. The second-order valence-electron chi connectivity index (χ2n) is 6.92. The summed E-state index contributed by atoms with van der Waals surface area (Å²) < 4.78 is 28.8. The average molecular weight is 428 g/mol. The molecule has 0 aliphatic carbocycles. The van der Waals surface area contributed by atoms with Crippen LogP contribution in [0.3, 0.4) is 0 Å². The van der Waals surface area contributed by atoms with Crippen LogP contribution in [-0.4, -0.2) is 23.3 Å². The molecule has 30 heavy (non-hydrogen) atoms. The first-order valence-corrected chi connectivity index (χ1v) is 10.9. The van der Waals surface area contributed by atoms with Gasteiger partial charge in [-0.15, -0.1) is 0 Å². The van der Waals surface area contributed by atoms with Gasteiger partial charge in [-0.1, -0.05) is 12.1 Å². The van der Waals surface area contributed by atoms with Crippen LogP contribution in [0.4, 0.5) is 0 Å². The summed E-state index contributed by atoms with van der Waals surface area (Å²) in [6, 6.07) is 17.9. The van der Waals surface area contributed by atoms with Crippen molar-refractivity contribution in [1.82, 2.24) is 5.32 Å². The van der Waals surface area contributed by atoms with Gasteiger partial charge in [0.2, 0.25) is 0 Å². The van der Waals surface area contributed by atoms with Gasteiger partial charge in [-0.05, 0) is 67.9 Å². The fourth-order valence-electron chi connectivity index (χ4n) is 2.75. The van der Waals surface area contributed by atoms with Gasteiger partial charge in [0.25, 0.3) is 5.91 Å². The average Bonchev–Trinajstić information content (AvgIpc) is 3.21. The minimum atomic E-state index is -1.28. The topological polar surface area (TPSA) is 77.8 Å². The molecule has 1 unspecified atom stereocenters. The molecule has 1 heterocycles. The van der Waals surface area contributed by atoms with Crippen molar-refractivity contribution < 1.29 is 22.9 Å². The molecule has 3 rings (SSSR count). The normalized spacial score (nSPS) is 11.9. The molecule has 7 heteroatoms. The largest absolute Gasteiger partial charge is 0.497 e. The predicted octanol–water partition coefficient (Wildman–Crippen LogP) is 4.31. The summed E-state index contributed by atoms with van der Waals surface area (Å²) in [7, 11) is 0.303. The monoisotopic (exact) mass is 427 g/mol. The molecule has 1 atom stereocenters. The van der Waals surface area contributed by atoms with Gasteiger partial charge in [0.15, 0.2) is 5.76 Å². The molecule has 0 aliphatic rings. The van der Waals surface area contributed by atoms with Gasteiger partial charge >= 0.3 is 0 Å². The Hall–Kier alpha value is -3.06. The highest BCUT2D eigenvalue weighted by atomic mass is 32.2. The van der Waals surface area contributed by atoms with Crippen molar-refractivity contribution in [3.63, 3.8) is 0 Å². The van der Waals surface area contributed by atoms with Crippen LogP contribution in [0, 0.1) is 0 Å². The van der Waals surface area contributed by atoms with Crippen LogP contribution in [0.5, 0.6) is 11.5 Å². The van der Waals surface area contributed by atoms with Crippen LogP contribution in [-0.2, 0) is 23.1 Å². The molecule has 0 saturated heterocycles. The number of carbonyl (C=O) groups is 1. The van der Waals surface area contributed by atoms with Gasteiger partial charge in [0, 0.05) is 11.4 Å². The summed E-state index contributed by atoms with van der Waals surface area (Å²) >= 11 is 0. The number of nitrogens with one attached hydrogen (secondary N) is 1. The van der Waals surface area contributed by atoms with Crippen LogP contribution in [0.15, 0.2) is 70.0 Å². The fourth-order valence-corrected chi connectivity index (χ4v) is 3.76. The van der Waals surface area contributed by atoms with E-state index in [2.05, 4.69) is 5.32 Å². The molecule has 2 aromatic carbocycles. The lowest BCUT2D eigenvalue weighted by molar-refractivity contribution is 0.0921. The number of benzene rings is 2. The summed E-state index contributed by atoms with van der Waals surface area (Å²) in [5.74, 6) is 2.05. The highest BCUT2D eigenvalue weighted by Crippen LogP contribution is 2.18. The summed E-state index contributed by atoms with van der Waals surface area (Å²) in [5.41, 5.74) is 0.951. The Bertz CT molecular complexity index is 993. The first-order valence-electron chi connectivity index (χ1n) is 9.59. The molecule has 6 nitrogen and oxygen atoms in total. The molecule has 1 N–H and O–H groups in total. The third-order valence-electron chi connectivity index (χ3n) is 4.23. The highest BCUT2D eigenvalue weighted by Gasteiger charge is 2.14. The van der Waals surface area contributed by atoms with E-state index in [0.717, 1.165) is 11.3 Å². The number of ether oxygens (including phenoxy) is 2. The molecule has 0 spiro atoms. The summed E-state index contributed by atoms with van der Waals surface area (Å²) in [5, 5.41) is 2.82. The zero-order valence-corrected chi connectivity index (χ0v) is 18.0. The Kier molecular flexibility index (Phi) is 7.30. The van der Waals surface area contributed by atoms with Gasteiger partial charge in [-0.2, -0.15) is 0 Å². The minimum absolute atomic E-state index is 0.114. The fraction of sp³-hybridized carbons (Fsp3) is 0.261. The molecule has 1 amide bonds. The van der Waals surface area contributed by atoms with Crippen molar-refractivity contribution in [2.45, 2.75) is 37.1 Å². The Morgan fingerprint density at radius 3 is 2.30 bits per heavy atom. The number of rotatable bonds is 9. The maximum atomic E-state index is 12.5. The summed E-state index contributed by atoms with van der Waals surface area (Å²) in [6.45, 7) is 4.31. The second-order valence-corrected chi connectivity index (χ2v) is 8.38. The predicted molar refractivity (Wildman–Crippen MR) is 115 cm³/mol. The SMILES string of the molecule is COc1ccc(S(=O)Cc2ccc(C(=O)NCc3ccc(OC(C)C)cc3)o2)cc1. The minimum Gasteiger partial charge on any atom is -0.497 e. The number of carbonyl (C=O) groups excluding carboxylic acids is 1. The zero-order valence-electron chi connectivity index (χ0n) is 17.2. The van der Waals surface area contributed by atoms with E-state index in [1.54, 1.807) is 43.5 Å². The number of amides is 1. The Morgan fingerprint density at radius 2 is 1.67 bits per heavy atom. The number of hydrogen-bond acceptors (Lipinski definition) is 5. The third-order valence-corrected chi connectivity index (χ3v) is 5.57. The maximum absolute atomic E-state index is 12.5. The van der Waals surface area contributed by atoms with E-state index in [0.29, 0.717) is 22.9 Å². The molecule has 0 aliphatic heterocycles. The van der Waals surface area contributed by atoms with E-state index in [4.69, 9.17) is 13.9 Å². The molecule has 0 bridgehead atoms. The number of furan rings is 1.